The van der Waals surface area contributed by atoms with Crippen LogP contribution in [0.15, 0.2) is 24.3 Å². The van der Waals surface area contributed by atoms with Gasteiger partial charge in [-0.1, -0.05) is 24.6 Å². The molecule has 2 aromatic rings. The number of carbonyl (C=O) groups is 2. The first-order valence-corrected chi connectivity index (χ1v) is 6.62. The Labute approximate surface area is 120 Å². The quantitative estimate of drug-likeness (QED) is 0.793. The third-order valence-electron chi connectivity index (χ3n) is 2.96. The predicted molar refractivity (Wildman–Crippen MR) is 77.1 cm³/mol. The minimum atomic E-state index is -0.869. The summed E-state index contributed by atoms with van der Waals surface area (Å²) in [6.45, 7) is 2.10. The van der Waals surface area contributed by atoms with Crippen LogP contribution in [-0.2, 0) is 4.79 Å². The molecule has 0 radical (unpaired) electrons. The van der Waals surface area contributed by atoms with Gasteiger partial charge < -0.3 is 15.4 Å². The fraction of sp³-hybridized carbons (Fsp3) is 0.286. The van der Waals surface area contributed by atoms with Crippen molar-refractivity contribution >= 4 is 34.4 Å². The molecule has 106 valence electrons. The number of amides is 1. The fourth-order valence-corrected chi connectivity index (χ4v) is 2.13. The summed E-state index contributed by atoms with van der Waals surface area (Å²) in [6.07, 6.45) is 0.0303. The van der Waals surface area contributed by atoms with Crippen molar-refractivity contribution in [3.05, 3.63) is 35.0 Å². The number of halogens is 1. The molecule has 0 saturated carbocycles. The number of nitrogens with one attached hydrogen (secondary N) is 2. The van der Waals surface area contributed by atoms with Crippen LogP contribution in [0.25, 0.3) is 10.9 Å². The molecule has 0 saturated heterocycles. The van der Waals surface area contributed by atoms with Crippen LogP contribution < -0.4 is 5.32 Å². The van der Waals surface area contributed by atoms with E-state index in [2.05, 4.69) is 10.3 Å². The molecule has 1 unspecified atom stereocenters. The van der Waals surface area contributed by atoms with Crippen LogP contribution in [0.2, 0.25) is 5.02 Å². The molecular formula is C14H15ClN2O3. The lowest BCUT2D eigenvalue weighted by atomic mass is 10.1. The standard InChI is InChI=1S/C14H15ClN2O3/c1-8(4-13(18)19)7-16-14(20)12-5-9-2-3-10(15)6-11(9)17-12/h2-3,5-6,8,17H,4,7H2,1H3,(H,16,20)(H,18,19). The monoisotopic (exact) mass is 294 g/mol. The summed E-state index contributed by atoms with van der Waals surface area (Å²) >= 11 is 5.88. The molecule has 0 aliphatic heterocycles. The number of hydrogen-bond acceptors (Lipinski definition) is 2. The van der Waals surface area contributed by atoms with E-state index in [0.717, 1.165) is 10.9 Å². The summed E-state index contributed by atoms with van der Waals surface area (Å²) in [7, 11) is 0. The van der Waals surface area contributed by atoms with Crippen LogP contribution in [0.1, 0.15) is 23.8 Å². The average molecular weight is 295 g/mol. The van der Waals surface area contributed by atoms with Crippen LogP contribution in [-0.4, -0.2) is 28.5 Å². The maximum atomic E-state index is 12.0. The molecule has 1 heterocycles. The highest BCUT2D eigenvalue weighted by molar-refractivity contribution is 6.31. The lowest BCUT2D eigenvalue weighted by Crippen LogP contribution is -2.29. The molecule has 5 nitrogen and oxygen atoms in total. The third kappa shape index (κ3) is 3.51. The Morgan fingerprint density at radius 1 is 1.40 bits per heavy atom. The number of carboxylic acids is 1. The van der Waals surface area contributed by atoms with E-state index in [4.69, 9.17) is 16.7 Å². The number of carboxylic acid groups (broad SMARTS) is 1. The van der Waals surface area contributed by atoms with Gasteiger partial charge in [0.25, 0.3) is 5.91 Å². The van der Waals surface area contributed by atoms with Crippen LogP contribution >= 0.6 is 11.6 Å². The Bertz CT molecular complexity index is 651. The highest BCUT2D eigenvalue weighted by atomic mass is 35.5. The molecule has 0 aliphatic rings. The number of carbonyl (C=O) groups excluding carboxylic acids is 1. The normalized spacial score (nSPS) is 12.3. The SMILES string of the molecule is CC(CNC(=O)c1cc2ccc(Cl)cc2[nH]1)CC(=O)O. The van der Waals surface area contributed by atoms with Gasteiger partial charge in [-0.15, -0.1) is 0 Å². The van der Waals surface area contributed by atoms with E-state index in [0.29, 0.717) is 17.3 Å². The van der Waals surface area contributed by atoms with Crippen molar-refractivity contribution in [2.45, 2.75) is 13.3 Å². The second-order valence-corrected chi connectivity index (χ2v) is 5.26. The molecular weight excluding hydrogens is 280 g/mol. The summed E-state index contributed by atoms with van der Waals surface area (Å²) in [5.41, 5.74) is 1.23. The summed E-state index contributed by atoms with van der Waals surface area (Å²) in [5.74, 6) is -1.24. The van der Waals surface area contributed by atoms with E-state index >= 15 is 0 Å². The van der Waals surface area contributed by atoms with E-state index in [9.17, 15) is 9.59 Å². The van der Waals surface area contributed by atoms with E-state index in [1.807, 2.05) is 6.07 Å². The Morgan fingerprint density at radius 3 is 2.85 bits per heavy atom. The topological polar surface area (TPSA) is 82.2 Å². The van der Waals surface area contributed by atoms with Crippen molar-refractivity contribution < 1.29 is 14.7 Å². The first kappa shape index (κ1) is 14.4. The molecule has 1 amide bonds. The lowest BCUT2D eigenvalue weighted by Gasteiger charge is -2.09. The average Bonchev–Trinajstić information content (AvgIpc) is 2.78. The number of H-pyrrole nitrogens is 1. The van der Waals surface area contributed by atoms with Gasteiger partial charge in [-0.05, 0) is 24.1 Å². The predicted octanol–water partition coefficient (Wildman–Crippen LogP) is 2.66. The number of fused-ring (bicyclic) bond motifs is 1. The molecule has 1 atom stereocenters. The van der Waals surface area contributed by atoms with Crippen molar-refractivity contribution in [2.24, 2.45) is 5.92 Å². The van der Waals surface area contributed by atoms with Gasteiger partial charge in [-0.2, -0.15) is 0 Å². The van der Waals surface area contributed by atoms with Gasteiger partial charge in [0.1, 0.15) is 5.69 Å². The highest BCUT2D eigenvalue weighted by Gasteiger charge is 2.12. The van der Waals surface area contributed by atoms with Crippen molar-refractivity contribution in [1.82, 2.24) is 10.3 Å². The van der Waals surface area contributed by atoms with Crippen LogP contribution in [0.4, 0.5) is 0 Å². The minimum Gasteiger partial charge on any atom is -0.481 e. The van der Waals surface area contributed by atoms with Gasteiger partial charge >= 0.3 is 5.97 Å². The van der Waals surface area contributed by atoms with E-state index in [-0.39, 0.29) is 18.2 Å². The molecule has 1 aromatic carbocycles. The molecule has 0 spiro atoms. The molecule has 6 heteroatoms. The zero-order chi connectivity index (χ0) is 14.7. The largest absolute Gasteiger partial charge is 0.481 e. The van der Waals surface area contributed by atoms with Crippen LogP contribution in [0.5, 0.6) is 0 Å². The van der Waals surface area contributed by atoms with Gasteiger partial charge in [0.2, 0.25) is 0 Å². The zero-order valence-corrected chi connectivity index (χ0v) is 11.7. The van der Waals surface area contributed by atoms with E-state index < -0.39 is 5.97 Å². The highest BCUT2D eigenvalue weighted by Crippen LogP contribution is 2.19. The second-order valence-electron chi connectivity index (χ2n) is 4.83. The molecule has 3 N–H and O–H groups in total. The summed E-state index contributed by atoms with van der Waals surface area (Å²) in [6, 6.07) is 7.08. The fourth-order valence-electron chi connectivity index (χ4n) is 1.95. The smallest absolute Gasteiger partial charge is 0.303 e. The van der Waals surface area contributed by atoms with Crippen LogP contribution in [0.3, 0.4) is 0 Å². The number of aromatic nitrogens is 1. The van der Waals surface area contributed by atoms with Gasteiger partial charge in [0.15, 0.2) is 0 Å². The van der Waals surface area contributed by atoms with Gasteiger partial charge in [-0.25, -0.2) is 0 Å². The van der Waals surface area contributed by atoms with Crippen molar-refractivity contribution in [1.29, 1.82) is 0 Å². The van der Waals surface area contributed by atoms with Gasteiger partial charge in [0.05, 0.1) is 0 Å². The Kier molecular flexibility index (Phi) is 4.29. The minimum absolute atomic E-state index is 0.0303. The van der Waals surface area contributed by atoms with Crippen molar-refractivity contribution in [3.8, 4) is 0 Å². The third-order valence-corrected chi connectivity index (χ3v) is 3.20. The molecule has 1 aromatic heterocycles. The van der Waals surface area contributed by atoms with E-state index in [1.54, 1.807) is 25.1 Å². The van der Waals surface area contributed by atoms with Gasteiger partial charge in [-0.3, -0.25) is 9.59 Å². The number of aliphatic carboxylic acids is 1. The Balaban J connectivity index is 2.02. The zero-order valence-electron chi connectivity index (χ0n) is 10.9. The van der Waals surface area contributed by atoms with Crippen molar-refractivity contribution in [3.63, 3.8) is 0 Å². The summed E-state index contributed by atoms with van der Waals surface area (Å²) < 4.78 is 0. The Hall–Kier alpha value is -2.01. The molecule has 0 bridgehead atoms. The lowest BCUT2D eigenvalue weighted by molar-refractivity contribution is -0.137. The maximum absolute atomic E-state index is 12.0. The van der Waals surface area contributed by atoms with Crippen LogP contribution in [0, 0.1) is 5.92 Å². The van der Waals surface area contributed by atoms with E-state index in [1.165, 1.54) is 0 Å². The first-order valence-electron chi connectivity index (χ1n) is 6.24. The number of rotatable bonds is 5. The second kappa shape index (κ2) is 5.96. The Morgan fingerprint density at radius 2 is 2.15 bits per heavy atom. The number of hydrogen-bond donors (Lipinski definition) is 3. The summed E-state index contributed by atoms with van der Waals surface area (Å²) in [5, 5.41) is 12.9. The molecule has 0 fully saturated rings. The number of benzene rings is 1. The van der Waals surface area contributed by atoms with Gasteiger partial charge in [0, 0.05) is 28.9 Å². The molecule has 20 heavy (non-hydrogen) atoms. The number of aromatic amines is 1. The molecule has 0 aliphatic carbocycles. The summed E-state index contributed by atoms with van der Waals surface area (Å²) in [4.78, 5) is 25.5. The maximum Gasteiger partial charge on any atom is 0.303 e. The van der Waals surface area contributed by atoms with Crippen molar-refractivity contribution in [2.75, 3.05) is 6.54 Å². The first-order chi connectivity index (χ1) is 9.45. The molecule has 2 rings (SSSR count).